The minimum Gasteiger partial charge on any atom is -0.351 e. The monoisotopic (exact) mass is 264 g/mol. The van der Waals surface area contributed by atoms with Crippen molar-refractivity contribution in [1.29, 1.82) is 0 Å². The SMILES string of the molecule is CCC1CC1Nc1nc(Cl)nc(-n2ccnc2)n1. The quantitative estimate of drug-likeness (QED) is 0.914. The van der Waals surface area contributed by atoms with E-state index in [1.165, 1.54) is 12.8 Å². The molecule has 0 bridgehead atoms. The van der Waals surface area contributed by atoms with Crippen molar-refractivity contribution < 1.29 is 0 Å². The van der Waals surface area contributed by atoms with Gasteiger partial charge in [-0.25, -0.2) is 4.98 Å². The Hall–Kier alpha value is -1.69. The van der Waals surface area contributed by atoms with E-state index in [2.05, 4.69) is 32.2 Å². The van der Waals surface area contributed by atoms with Crippen LogP contribution >= 0.6 is 11.6 Å². The number of nitrogens with zero attached hydrogens (tertiary/aromatic N) is 5. The van der Waals surface area contributed by atoms with Crippen molar-refractivity contribution in [3.05, 3.63) is 24.0 Å². The van der Waals surface area contributed by atoms with Gasteiger partial charge in [0.05, 0.1) is 0 Å². The third-order valence-corrected chi connectivity index (χ3v) is 3.26. The summed E-state index contributed by atoms with van der Waals surface area (Å²) in [5, 5.41) is 3.46. The zero-order valence-corrected chi connectivity index (χ0v) is 10.7. The summed E-state index contributed by atoms with van der Waals surface area (Å²) < 4.78 is 1.70. The van der Waals surface area contributed by atoms with Crippen LogP contribution in [-0.4, -0.2) is 30.5 Å². The van der Waals surface area contributed by atoms with Crippen molar-refractivity contribution in [2.75, 3.05) is 5.32 Å². The molecule has 0 aliphatic heterocycles. The highest BCUT2D eigenvalue weighted by Crippen LogP contribution is 2.35. The fourth-order valence-corrected chi connectivity index (χ4v) is 2.09. The van der Waals surface area contributed by atoms with E-state index < -0.39 is 0 Å². The average Bonchev–Trinajstić information content (AvgIpc) is 2.89. The van der Waals surface area contributed by atoms with E-state index in [4.69, 9.17) is 11.6 Å². The number of hydrogen-bond donors (Lipinski definition) is 1. The van der Waals surface area contributed by atoms with E-state index in [1.54, 1.807) is 23.3 Å². The first-order valence-corrected chi connectivity index (χ1v) is 6.30. The molecular formula is C11H13ClN6. The van der Waals surface area contributed by atoms with Crippen molar-refractivity contribution in [2.24, 2.45) is 5.92 Å². The molecular weight excluding hydrogens is 252 g/mol. The van der Waals surface area contributed by atoms with Gasteiger partial charge in [-0.2, -0.15) is 15.0 Å². The number of halogens is 1. The standard InChI is InChI=1S/C11H13ClN6/c1-2-7-5-8(7)14-10-15-9(12)16-11(17-10)18-4-3-13-6-18/h3-4,6-8H,2,5H2,1H3,(H,14,15,16,17). The molecule has 0 spiro atoms. The summed E-state index contributed by atoms with van der Waals surface area (Å²) in [5.74, 6) is 1.72. The Balaban J connectivity index is 1.83. The zero-order chi connectivity index (χ0) is 12.5. The Morgan fingerprint density at radius 3 is 3.00 bits per heavy atom. The maximum absolute atomic E-state index is 5.91. The van der Waals surface area contributed by atoms with Crippen molar-refractivity contribution in [1.82, 2.24) is 24.5 Å². The Labute approximate surface area is 109 Å². The first kappa shape index (κ1) is 11.4. The zero-order valence-electron chi connectivity index (χ0n) is 9.91. The molecule has 0 aromatic carbocycles. The third kappa shape index (κ3) is 2.28. The molecule has 2 atom stereocenters. The molecule has 94 valence electrons. The summed E-state index contributed by atoms with van der Waals surface area (Å²) in [6.45, 7) is 2.18. The molecule has 7 heteroatoms. The summed E-state index contributed by atoms with van der Waals surface area (Å²) >= 11 is 5.91. The van der Waals surface area contributed by atoms with Gasteiger partial charge in [0.1, 0.15) is 6.33 Å². The lowest BCUT2D eigenvalue weighted by Gasteiger charge is -2.06. The van der Waals surface area contributed by atoms with Gasteiger partial charge in [-0.3, -0.25) is 4.57 Å². The second-order valence-electron chi connectivity index (χ2n) is 4.35. The minimum atomic E-state index is 0.185. The second-order valence-corrected chi connectivity index (χ2v) is 4.69. The van der Waals surface area contributed by atoms with Crippen molar-refractivity contribution in [3.8, 4) is 5.95 Å². The molecule has 18 heavy (non-hydrogen) atoms. The van der Waals surface area contributed by atoms with Crippen LogP contribution in [-0.2, 0) is 0 Å². The molecule has 2 heterocycles. The van der Waals surface area contributed by atoms with Crippen LogP contribution in [0.2, 0.25) is 5.28 Å². The van der Waals surface area contributed by atoms with Crippen LogP contribution < -0.4 is 5.32 Å². The van der Waals surface area contributed by atoms with Crippen LogP contribution in [0, 0.1) is 5.92 Å². The van der Waals surface area contributed by atoms with E-state index in [0.29, 0.717) is 17.9 Å². The largest absolute Gasteiger partial charge is 0.351 e. The molecule has 3 rings (SSSR count). The summed E-state index contributed by atoms with van der Waals surface area (Å²) in [5.41, 5.74) is 0. The molecule has 1 aliphatic rings. The maximum atomic E-state index is 5.91. The molecule has 1 N–H and O–H groups in total. The number of nitrogens with one attached hydrogen (secondary N) is 1. The number of hydrogen-bond acceptors (Lipinski definition) is 5. The molecule has 2 aromatic heterocycles. The fraction of sp³-hybridized carbons (Fsp3) is 0.455. The summed E-state index contributed by atoms with van der Waals surface area (Å²) in [7, 11) is 0. The van der Waals surface area contributed by atoms with Gasteiger partial charge in [0.2, 0.25) is 17.2 Å². The van der Waals surface area contributed by atoms with Gasteiger partial charge < -0.3 is 5.32 Å². The van der Waals surface area contributed by atoms with Gasteiger partial charge in [-0.15, -0.1) is 0 Å². The Morgan fingerprint density at radius 2 is 2.33 bits per heavy atom. The fourth-order valence-electron chi connectivity index (χ4n) is 1.94. The molecule has 2 unspecified atom stereocenters. The van der Waals surface area contributed by atoms with Crippen molar-refractivity contribution in [3.63, 3.8) is 0 Å². The van der Waals surface area contributed by atoms with Crippen molar-refractivity contribution >= 4 is 17.5 Å². The van der Waals surface area contributed by atoms with E-state index in [9.17, 15) is 0 Å². The first-order chi connectivity index (χ1) is 8.76. The lowest BCUT2D eigenvalue weighted by molar-refractivity contribution is 0.769. The van der Waals surface area contributed by atoms with E-state index in [0.717, 1.165) is 5.92 Å². The van der Waals surface area contributed by atoms with Crippen LogP contribution in [0.15, 0.2) is 18.7 Å². The highest BCUT2D eigenvalue weighted by Gasteiger charge is 2.35. The molecule has 0 radical (unpaired) electrons. The van der Waals surface area contributed by atoms with Gasteiger partial charge in [0, 0.05) is 18.4 Å². The lowest BCUT2D eigenvalue weighted by atomic mass is 10.3. The Morgan fingerprint density at radius 1 is 1.44 bits per heavy atom. The van der Waals surface area contributed by atoms with Crippen molar-refractivity contribution in [2.45, 2.75) is 25.8 Å². The van der Waals surface area contributed by atoms with Crippen LogP contribution in [0.25, 0.3) is 5.95 Å². The summed E-state index contributed by atoms with van der Waals surface area (Å²) in [6.07, 6.45) is 7.40. The molecule has 1 saturated carbocycles. The van der Waals surface area contributed by atoms with E-state index in [-0.39, 0.29) is 5.28 Å². The predicted molar refractivity (Wildman–Crippen MR) is 67.8 cm³/mol. The molecule has 6 nitrogen and oxygen atoms in total. The summed E-state index contributed by atoms with van der Waals surface area (Å²) in [6, 6.07) is 0.462. The summed E-state index contributed by atoms with van der Waals surface area (Å²) in [4.78, 5) is 16.4. The number of imidazole rings is 1. The molecule has 2 aromatic rings. The van der Waals surface area contributed by atoms with Gasteiger partial charge in [0.15, 0.2) is 0 Å². The highest BCUT2D eigenvalue weighted by molar-refractivity contribution is 6.28. The first-order valence-electron chi connectivity index (χ1n) is 5.92. The van der Waals surface area contributed by atoms with Crippen LogP contribution in [0.1, 0.15) is 19.8 Å². The Kier molecular flexibility index (Phi) is 2.87. The highest BCUT2D eigenvalue weighted by atomic mass is 35.5. The second kappa shape index (κ2) is 4.53. The van der Waals surface area contributed by atoms with Gasteiger partial charge in [0.25, 0.3) is 0 Å². The average molecular weight is 265 g/mol. The van der Waals surface area contributed by atoms with Gasteiger partial charge in [-0.1, -0.05) is 13.3 Å². The van der Waals surface area contributed by atoms with Crippen LogP contribution in [0.5, 0.6) is 0 Å². The smallest absolute Gasteiger partial charge is 0.241 e. The predicted octanol–water partition coefficient (Wildman–Crippen LogP) is 1.92. The third-order valence-electron chi connectivity index (χ3n) is 3.09. The van der Waals surface area contributed by atoms with E-state index >= 15 is 0 Å². The van der Waals surface area contributed by atoms with Crippen LogP contribution in [0.4, 0.5) is 5.95 Å². The molecule has 0 amide bonds. The molecule has 1 fully saturated rings. The van der Waals surface area contributed by atoms with Crippen LogP contribution in [0.3, 0.4) is 0 Å². The molecule has 0 saturated heterocycles. The number of anilines is 1. The number of aromatic nitrogens is 5. The topological polar surface area (TPSA) is 68.5 Å². The van der Waals surface area contributed by atoms with Gasteiger partial charge in [-0.05, 0) is 23.9 Å². The lowest BCUT2D eigenvalue weighted by Crippen LogP contribution is -2.11. The van der Waals surface area contributed by atoms with Gasteiger partial charge >= 0.3 is 0 Å². The minimum absolute atomic E-state index is 0.185. The van der Waals surface area contributed by atoms with E-state index in [1.807, 2.05) is 0 Å². The molecule has 1 aliphatic carbocycles. The number of rotatable bonds is 4. The Bertz CT molecular complexity index is 540. The normalized spacial score (nSPS) is 21.9. The maximum Gasteiger partial charge on any atom is 0.241 e.